The van der Waals surface area contributed by atoms with Gasteiger partial charge in [-0.05, 0) is 53.6 Å². The lowest BCUT2D eigenvalue weighted by atomic mass is 9.85. The second kappa shape index (κ2) is 6.71. The lowest BCUT2D eigenvalue weighted by Crippen LogP contribution is -2.51. The van der Waals surface area contributed by atoms with Crippen LogP contribution in [0.4, 0.5) is 0 Å². The number of hydrogen-bond acceptors (Lipinski definition) is 3. The molecule has 0 bridgehead atoms. The van der Waals surface area contributed by atoms with Gasteiger partial charge in [-0.3, -0.25) is 9.78 Å². The maximum absolute atomic E-state index is 13.1. The van der Waals surface area contributed by atoms with E-state index in [1.54, 1.807) is 24.5 Å². The molecule has 1 N–H and O–H groups in total. The van der Waals surface area contributed by atoms with Crippen LogP contribution in [-0.2, 0) is 6.42 Å². The van der Waals surface area contributed by atoms with Crippen LogP contribution in [0, 0.1) is 5.92 Å². The number of fused-ring (bicyclic) bond motifs is 2. The first-order valence-corrected chi connectivity index (χ1v) is 10.1. The summed E-state index contributed by atoms with van der Waals surface area (Å²) in [5.41, 5.74) is 0.868. The molecule has 1 amide bonds. The normalized spacial score (nSPS) is 26.5. The van der Waals surface area contributed by atoms with Gasteiger partial charge in [-0.15, -0.1) is 0 Å². The Balaban J connectivity index is 1.48. The molecule has 3 aromatic rings. The molecule has 2 aromatic carbocycles. The van der Waals surface area contributed by atoms with E-state index in [0.717, 1.165) is 24.8 Å². The SMILES string of the molecule is O=C(c1cccnc1)N1CC[C@H]2CC[C@](O)(Cc3cccc4ccccc34)[C@H]21. The van der Waals surface area contributed by atoms with Crippen molar-refractivity contribution in [2.75, 3.05) is 6.54 Å². The molecule has 0 unspecified atom stereocenters. The third kappa shape index (κ3) is 2.80. The first-order valence-electron chi connectivity index (χ1n) is 10.1. The Morgan fingerprint density at radius 1 is 1.11 bits per heavy atom. The molecule has 3 atom stereocenters. The number of pyridine rings is 1. The number of carbonyl (C=O) groups excluding carboxylic acids is 1. The topological polar surface area (TPSA) is 53.4 Å². The number of likely N-dealkylation sites (tertiary alicyclic amines) is 1. The molecule has 2 fully saturated rings. The Labute approximate surface area is 164 Å². The molecule has 1 saturated heterocycles. The van der Waals surface area contributed by atoms with Gasteiger partial charge in [0.2, 0.25) is 0 Å². The van der Waals surface area contributed by atoms with Crippen molar-refractivity contribution in [3.8, 4) is 0 Å². The second-order valence-corrected chi connectivity index (χ2v) is 8.19. The number of benzene rings is 2. The average molecular weight is 372 g/mol. The Kier molecular flexibility index (Phi) is 4.17. The van der Waals surface area contributed by atoms with Crippen molar-refractivity contribution >= 4 is 16.7 Å². The summed E-state index contributed by atoms with van der Waals surface area (Å²) in [7, 11) is 0. The van der Waals surface area contributed by atoms with Crippen LogP contribution in [0.25, 0.3) is 10.8 Å². The highest BCUT2D eigenvalue weighted by molar-refractivity contribution is 5.94. The summed E-state index contributed by atoms with van der Waals surface area (Å²) in [5, 5.41) is 14.1. The third-order valence-corrected chi connectivity index (χ3v) is 6.57. The van der Waals surface area contributed by atoms with Crippen molar-refractivity contribution < 1.29 is 9.90 Å². The van der Waals surface area contributed by atoms with Crippen molar-refractivity contribution in [3.63, 3.8) is 0 Å². The van der Waals surface area contributed by atoms with Crippen LogP contribution in [0.2, 0.25) is 0 Å². The summed E-state index contributed by atoms with van der Waals surface area (Å²) in [6, 6.07) is 18.0. The Hall–Kier alpha value is -2.72. The quantitative estimate of drug-likeness (QED) is 0.760. The summed E-state index contributed by atoms with van der Waals surface area (Å²) in [5.74, 6) is 0.361. The van der Waals surface area contributed by atoms with Gasteiger partial charge in [0.15, 0.2) is 0 Å². The van der Waals surface area contributed by atoms with Gasteiger partial charge in [0.25, 0.3) is 5.91 Å². The first kappa shape index (κ1) is 17.4. The molecule has 0 spiro atoms. The molecule has 1 aliphatic carbocycles. The summed E-state index contributed by atoms with van der Waals surface area (Å²) < 4.78 is 0. The predicted octanol–water partition coefficient (Wildman–Crippen LogP) is 3.83. The number of amides is 1. The highest BCUT2D eigenvalue weighted by Gasteiger charge is 2.54. The molecule has 0 radical (unpaired) electrons. The third-order valence-electron chi connectivity index (χ3n) is 6.57. The Morgan fingerprint density at radius 2 is 1.96 bits per heavy atom. The van der Waals surface area contributed by atoms with E-state index in [1.807, 2.05) is 17.0 Å². The molecule has 5 rings (SSSR count). The van der Waals surface area contributed by atoms with Crippen molar-refractivity contribution in [1.82, 2.24) is 9.88 Å². The van der Waals surface area contributed by atoms with Crippen molar-refractivity contribution in [2.45, 2.75) is 37.3 Å². The minimum atomic E-state index is -0.886. The van der Waals surface area contributed by atoms with E-state index in [9.17, 15) is 9.90 Å². The first-order chi connectivity index (χ1) is 13.7. The number of aromatic nitrogens is 1. The maximum atomic E-state index is 13.1. The highest BCUT2D eigenvalue weighted by Crippen LogP contribution is 2.46. The number of aliphatic hydroxyl groups is 1. The van der Waals surface area contributed by atoms with Gasteiger partial charge in [0.05, 0.1) is 17.2 Å². The molecule has 28 heavy (non-hydrogen) atoms. The average Bonchev–Trinajstić information content (AvgIpc) is 3.30. The fourth-order valence-electron chi connectivity index (χ4n) is 5.32. The van der Waals surface area contributed by atoms with Gasteiger partial charge in [-0.25, -0.2) is 0 Å². The Morgan fingerprint density at radius 3 is 2.82 bits per heavy atom. The zero-order chi connectivity index (χ0) is 19.1. The second-order valence-electron chi connectivity index (χ2n) is 8.19. The standard InChI is InChI=1S/C24H24N2O2/c27-23(20-8-4-13-25-16-20)26-14-11-18-10-12-24(28,22(18)26)15-19-7-3-6-17-5-1-2-9-21(17)19/h1-9,13,16,18,22,28H,10-12,14-15H2/t18-,22+,24+/m1/s1. The molecule has 2 heterocycles. The predicted molar refractivity (Wildman–Crippen MR) is 109 cm³/mol. The van der Waals surface area contributed by atoms with Crippen LogP contribution in [0.1, 0.15) is 35.2 Å². The van der Waals surface area contributed by atoms with Crippen molar-refractivity contribution in [1.29, 1.82) is 0 Å². The van der Waals surface area contributed by atoms with Gasteiger partial charge in [-0.2, -0.15) is 0 Å². The molecule has 2 aliphatic rings. The van der Waals surface area contributed by atoms with Crippen LogP contribution < -0.4 is 0 Å². The molecule has 4 heteroatoms. The van der Waals surface area contributed by atoms with E-state index in [0.29, 0.717) is 24.4 Å². The van der Waals surface area contributed by atoms with Crippen LogP contribution in [0.5, 0.6) is 0 Å². The van der Waals surface area contributed by atoms with Crippen LogP contribution in [-0.4, -0.2) is 39.1 Å². The smallest absolute Gasteiger partial charge is 0.255 e. The van der Waals surface area contributed by atoms with E-state index in [-0.39, 0.29) is 11.9 Å². The summed E-state index contributed by atoms with van der Waals surface area (Å²) in [6.45, 7) is 0.709. The van der Waals surface area contributed by atoms with Crippen LogP contribution in [0.15, 0.2) is 67.0 Å². The minimum Gasteiger partial charge on any atom is -0.387 e. The largest absolute Gasteiger partial charge is 0.387 e. The van der Waals surface area contributed by atoms with Gasteiger partial charge >= 0.3 is 0 Å². The maximum Gasteiger partial charge on any atom is 0.255 e. The van der Waals surface area contributed by atoms with E-state index in [1.165, 1.54) is 10.8 Å². The lowest BCUT2D eigenvalue weighted by molar-refractivity contribution is -0.0158. The molecular formula is C24H24N2O2. The minimum absolute atomic E-state index is 0.0150. The van der Waals surface area contributed by atoms with E-state index in [2.05, 4.69) is 35.3 Å². The number of hydrogen-bond donors (Lipinski definition) is 1. The number of nitrogens with zero attached hydrogens (tertiary/aromatic N) is 2. The lowest BCUT2D eigenvalue weighted by Gasteiger charge is -2.36. The van der Waals surface area contributed by atoms with E-state index < -0.39 is 5.60 Å². The monoisotopic (exact) mass is 372 g/mol. The fourth-order valence-corrected chi connectivity index (χ4v) is 5.32. The highest BCUT2D eigenvalue weighted by atomic mass is 16.3. The molecule has 1 saturated carbocycles. The van der Waals surface area contributed by atoms with Gasteiger partial charge in [0, 0.05) is 25.4 Å². The summed E-state index contributed by atoms with van der Waals surface area (Å²) >= 11 is 0. The molecule has 142 valence electrons. The van der Waals surface area contributed by atoms with E-state index >= 15 is 0 Å². The molecule has 1 aromatic heterocycles. The number of rotatable bonds is 3. The fraction of sp³-hybridized carbons (Fsp3) is 0.333. The van der Waals surface area contributed by atoms with E-state index in [4.69, 9.17) is 0 Å². The molecule has 1 aliphatic heterocycles. The zero-order valence-electron chi connectivity index (χ0n) is 15.8. The molecular weight excluding hydrogens is 348 g/mol. The number of carbonyl (C=O) groups is 1. The molecule has 4 nitrogen and oxygen atoms in total. The van der Waals surface area contributed by atoms with Crippen molar-refractivity contribution in [2.24, 2.45) is 5.92 Å². The van der Waals surface area contributed by atoms with Crippen LogP contribution in [0.3, 0.4) is 0 Å². The van der Waals surface area contributed by atoms with Gasteiger partial charge < -0.3 is 10.0 Å². The zero-order valence-corrected chi connectivity index (χ0v) is 15.8. The van der Waals surface area contributed by atoms with Gasteiger partial charge in [0.1, 0.15) is 0 Å². The summed E-state index contributed by atoms with van der Waals surface area (Å²) in [6.07, 6.45) is 6.55. The van der Waals surface area contributed by atoms with Crippen LogP contribution >= 0.6 is 0 Å². The Bertz CT molecular complexity index is 1010. The van der Waals surface area contributed by atoms with Crippen molar-refractivity contribution in [3.05, 3.63) is 78.1 Å². The summed E-state index contributed by atoms with van der Waals surface area (Å²) in [4.78, 5) is 19.1. The van der Waals surface area contributed by atoms with Gasteiger partial charge in [-0.1, -0.05) is 42.5 Å².